The highest BCUT2D eigenvalue weighted by Gasteiger charge is 2.32. The minimum Gasteiger partial charge on any atom is -0.497 e. The normalized spacial score (nSPS) is 16.6. The standard InChI is InChI=1S/C21H21N5O2S/c1-28-16-5-2-4-14(10-16)17-12-22-20(24-17)18-6-3-7-26(18)19(27)11-15-13-25-8-9-29-21(25)23-15/h2,4-5,8-10,12-13,18H,3,6-7,11H2,1H3,(H,22,24). The number of nitrogens with one attached hydrogen (secondary N) is 1. The first-order valence-corrected chi connectivity index (χ1v) is 10.5. The van der Waals surface area contributed by atoms with Crippen molar-refractivity contribution in [2.24, 2.45) is 0 Å². The first-order chi connectivity index (χ1) is 14.2. The molecule has 3 aromatic heterocycles. The van der Waals surface area contributed by atoms with Crippen molar-refractivity contribution >= 4 is 22.2 Å². The van der Waals surface area contributed by atoms with Crippen molar-refractivity contribution in [3.63, 3.8) is 0 Å². The molecule has 1 aliphatic rings. The third-order valence-corrected chi connectivity index (χ3v) is 6.11. The van der Waals surface area contributed by atoms with Gasteiger partial charge in [-0.2, -0.15) is 0 Å². The zero-order valence-electron chi connectivity index (χ0n) is 16.0. The zero-order chi connectivity index (χ0) is 19.8. The fourth-order valence-corrected chi connectivity index (χ4v) is 4.63. The van der Waals surface area contributed by atoms with E-state index in [1.165, 1.54) is 0 Å². The van der Waals surface area contributed by atoms with Gasteiger partial charge in [-0.25, -0.2) is 9.97 Å². The van der Waals surface area contributed by atoms with Gasteiger partial charge >= 0.3 is 0 Å². The van der Waals surface area contributed by atoms with Crippen LogP contribution in [-0.2, 0) is 11.2 Å². The Kier molecular flexibility index (Phi) is 4.55. The third kappa shape index (κ3) is 3.40. The largest absolute Gasteiger partial charge is 0.497 e. The van der Waals surface area contributed by atoms with E-state index in [4.69, 9.17) is 4.74 Å². The molecule has 1 N–H and O–H groups in total. The van der Waals surface area contributed by atoms with Crippen LogP contribution in [0, 0.1) is 0 Å². The van der Waals surface area contributed by atoms with Crippen molar-refractivity contribution in [3.05, 3.63) is 59.8 Å². The van der Waals surface area contributed by atoms with Crippen LogP contribution in [0.3, 0.4) is 0 Å². The SMILES string of the molecule is COc1cccc(-c2cnc(C3CCCN3C(=O)Cc3cn4ccsc4n3)[nH]2)c1. The van der Waals surface area contributed by atoms with Gasteiger partial charge in [-0.05, 0) is 25.0 Å². The number of fused-ring (bicyclic) bond motifs is 1. The Bertz CT molecular complexity index is 1130. The van der Waals surface area contributed by atoms with Crippen LogP contribution in [0.5, 0.6) is 5.75 Å². The number of nitrogens with zero attached hydrogens (tertiary/aromatic N) is 4. The molecule has 5 rings (SSSR count). The van der Waals surface area contributed by atoms with Crippen LogP contribution in [-0.4, -0.2) is 43.8 Å². The Morgan fingerprint density at radius 1 is 1.41 bits per heavy atom. The molecule has 0 aliphatic carbocycles. The summed E-state index contributed by atoms with van der Waals surface area (Å²) in [5.41, 5.74) is 2.74. The maximum Gasteiger partial charge on any atom is 0.229 e. The first kappa shape index (κ1) is 17.9. The fraction of sp³-hybridized carbons (Fsp3) is 0.286. The van der Waals surface area contributed by atoms with Crippen LogP contribution in [0.15, 0.2) is 48.2 Å². The second-order valence-electron chi connectivity index (χ2n) is 7.16. The van der Waals surface area contributed by atoms with Gasteiger partial charge in [-0.1, -0.05) is 12.1 Å². The zero-order valence-corrected chi connectivity index (χ0v) is 16.9. The highest BCUT2D eigenvalue weighted by atomic mass is 32.1. The molecule has 0 spiro atoms. The lowest BCUT2D eigenvalue weighted by atomic mass is 10.1. The summed E-state index contributed by atoms with van der Waals surface area (Å²) in [6.07, 6.45) is 7.92. The maximum atomic E-state index is 13.0. The number of carbonyl (C=O) groups is 1. The van der Waals surface area contributed by atoms with E-state index >= 15 is 0 Å². The Labute approximate surface area is 172 Å². The quantitative estimate of drug-likeness (QED) is 0.547. The molecule has 0 radical (unpaired) electrons. The highest BCUT2D eigenvalue weighted by molar-refractivity contribution is 7.15. The van der Waals surface area contributed by atoms with Gasteiger partial charge in [0.15, 0.2) is 4.96 Å². The van der Waals surface area contributed by atoms with Crippen molar-refractivity contribution in [2.75, 3.05) is 13.7 Å². The number of hydrogen-bond acceptors (Lipinski definition) is 5. The summed E-state index contributed by atoms with van der Waals surface area (Å²) < 4.78 is 7.27. The number of aromatic amines is 1. The molecule has 4 heterocycles. The Balaban J connectivity index is 1.34. The van der Waals surface area contributed by atoms with Crippen molar-refractivity contribution in [3.8, 4) is 17.0 Å². The van der Waals surface area contributed by atoms with Crippen LogP contribution in [0.1, 0.15) is 30.4 Å². The summed E-state index contributed by atoms with van der Waals surface area (Å²) in [5, 5.41) is 1.99. The molecule has 8 heteroatoms. The molecule has 1 fully saturated rings. The van der Waals surface area contributed by atoms with Gasteiger partial charge in [0.2, 0.25) is 5.91 Å². The average Bonchev–Trinajstić information content (AvgIpc) is 3.50. The van der Waals surface area contributed by atoms with Crippen LogP contribution < -0.4 is 4.74 Å². The lowest BCUT2D eigenvalue weighted by molar-refractivity contribution is -0.131. The van der Waals surface area contributed by atoms with Crippen LogP contribution in [0.4, 0.5) is 0 Å². The topological polar surface area (TPSA) is 75.5 Å². The summed E-state index contributed by atoms with van der Waals surface area (Å²) in [4.78, 5) is 28.4. The lowest BCUT2D eigenvalue weighted by Crippen LogP contribution is -2.32. The number of benzene rings is 1. The van der Waals surface area contributed by atoms with E-state index in [2.05, 4.69) is 15.0 Å². The van der Waals surface area contributed by atoms with Gasteiger partial charge in [-0.3, -0.25) is 9.20 Å². The molecule has 29 heavy (non-hydrogen) atoms. The van der Waals surface area contributed by atoms with E-state index < -0.39 is 0 Å². The summed E-state index contributed by atoms with van der Waals surface area (Å²) in [6, 6.07) is 7.83. The minimum absolute atomic E-state index is 0.0226. The number of hydrogen-bond donors (Lipinski definition) is 1. The van der Waals surface area contributed by atoms with Crippen LogP contribution >= 0.6 is 11.3 Å². The predicted molar refractivity (Wildman–Crippen MR) is 111 cm³/mol. The number of amides is 1. The van der Waals surface area contributed by atoms with Gasteiger partial charge in [0.05, 0.1) is 37.2 Å². The smallest absolute Gasteiger partial charge is 0.229 e. The second-order valence-corrected chi connectivity index (χ2v) is 8.03. The van der Waals surface area contributed by atoms with E-state index in [0.29, 0.717) is 6.42 Å². The van der Waals surface area contributed by atoms with E-state index in [0.717, 1.165) is 52.9 Å². The molecular formula is C21H21N5O2S. The van der Waals surface area contributed by atoms with Crippen LogP contribution in [0.25, 0.3) is 16.2 Å². The number of methoxy groups -OCH3 is 1. The van der Waals surface area contributed by atoms with Gasteiger partial charge in [0, 0.05) is 29.9 Å². The predicted octanol–water partition coefficient (Wildman–Crippen LogP) is 3.70. The summed E-state index contributed by atoms with van der Waals surface area (Å²) in [5.74, 6) is 1.73. The lowest BCUT2D eigenvalue weighted by Gasteiger charge is -2.23. The Morgan fingerprint density at radius 2 is 2.34 bits per heavy atom. The molecule has 7 nitrogen and oxygen atoms in total. The fourth-order valence-electron chi connectivity index (χ4n) is 3.91. The molecule has 1 aromatic carbocycles. The van der Waals surface area contributed by atoms with Crippen LogP contribution in [0.2, 0.25) is 0 Å². The number of carbonyl (C=O) groups excluding carboxylic acids is 1. The van der Waals surface area contributed by atoms with E-state index in [9.17, 15) is 4.79 Å². The molecular weight excluding hydrogens is 386 g/mol. The number of likely N-dealkylation sites (tertiary alicyclic amines) is 1. The van der Waals surface area contributed by atoms with Gasteiger partial charge in [-0.15, -0.1) is 11.3 Å². The minimum atomic E-state index is -0.0226. The average molecular weight is 407 g/mol. The second kappa shape index (κ2) is 7.36. The first-order valence-electron chi connectivity index (χ1n) is 9.61. The third-order valence-electron chi connectivity index (χ3n) is 5.34. The van der Waals surface area contributed by atoms with Gasteiger partial charge in [0.1, 0.15) is 11.6 Å². The molecule has 1 atom stereocenters. The monoisotopic (exact) mass is 407 g/mol. The van der Waals surface area contributed by atoms with Gasteiger partial charge < -0.3 is 14.6 Å². The molecule has 0 saturated carbocycles. The van der Waals surface area contributed by atoms with Crippen molar-refractivity contribution in [2.45, 2.75) is 25.3 Å². The van der Waals surface area contributed by atoms with E-state index in [1.54, 1.807) is 18.4 Å². The number of thiazole rings is 1. The van der Waals surface area contributed by atoms with Crippen molar-refractivity contribution in [1.82, 2.24) is 24.3 Å². The van der Waals surface area contributed by atoms with E-state index in [-0.39, 0.29) is 11.9 Å². The molecule has 1 unspecified atom stereocenters. The molecule has 4 aromatic rings. The summed E-state index contributed by atoms with van der Waals surface area (Å²) in [6.45, 7) is 0.751. The number of H-pyrrole nitrogens is 1. The maximum absolute atomic E-state index is 13.0. The number of aromatic nitrogens is 4. The molecule has 1 saturated heterocycles. The van der Waals surface area contributed by atoms with Gasteiger partial charge in [0.25, 0.3) is 0 Å². The number of imidazole rings is 2. The number of rotatable bonds is 5. The van der Waals surface area contributed by atoms with Crippen molar-refractivity contribution in [1.29, 1.82) is 0 Å². The molecule has 0 bridgehead atoms. The molecule has 148 valence electrons. The molecule has 1 amide bonds. The van der Waals surface area contributed by atoms with E-state index in [1.807, 2.05) is 57.5 Å². The van der Waals surface area contributed by atoms with Crippen molar-refractivity contribution < 1.29 is 9.53 Å². The number of ether oxygens (including phenoxy) is 1. The summed E-state index contributed by atoms with van der Waals surface area (Å²) in [7, 11) is 1.66. The highest BCUT2D eigenvalue weighted by Crippen LogP contribution is 2.32. The summed E-state index contributed by atoms with van der Waals surface area (Å²) >= 11 is 1.57. The Morgan fingerprint density at radius 3 is 3.21 bits per heavy atom. The Hall–Kier alpha value is -3.13. The molecule has 1 aliphatic heterocycles.